The summed E-state index contributed by atoms with van der Waals surface area (Å²) in [4.78, 5) is 0. The van der Waals surface area contributed by atoms with Crippen LogP contribution in [0, 0.1) is 17.3 Å². The Morgan fingerprint density at radius 1 is 1.27 bits per heavy atom. The molecule has 1 heteroatoms. The molecule has 0 aromatic heterocycles. The summed E-state index contributed by atoms with van der Waals surface area (Å²) in [5.41, 5.74) is 2.19. The van der Waals surface area contributed by atoms with Gasteiger partial charge in [-0.25, -0.2) is 0 Å². The molecule has 0 aromatic carbocycles. The van der Waals surface area contributed by atoms with Gasteiger partial charge in [0, 0.05) is 11.6 Å². The molecule has 15 heavy (non-hydrogen) atoms. The average Bonchev–Trinajstić information content (AvgIpc) is 2.05. The molecule has 3 aliphatic carbocycles. The fraction of sp³-hybridized carbons (Fsp3) is 0.857. The molecule has 3 saturated carbocycles. The van der Waals surface area contributed by atoms with E-state index in [4.69, 9.17) is 0 Å². The van der Waals surface area contributed by atoms with Gasteiger partial charge in [-0.05, 0) is 50.9 Å². The van der Waals surface area contributed by atoms with E-state index in [2.05, 4.69) is 46.5 Å². The first-order chi connectivity index (χ1) is 6.72. The molecule has 0 heterocycles. The van der Waals surface area contributed by atoms with Gasteiger partial charge in [-0.3, -0.25) is 0 Å². The highest BCUT2D eigenvalue weighted by atomic mass is 15.0. The highest BCUT2D eigenvalue weighted by Gasteiger charge is 2.54. The lowest BCUT2D eigenvalue weighted by Gasteiger charge is -2.60. The molecule has 3 aliphatic rings. The Kier molecular flexibility index (Phi) is 2.31. The first-order valence-electron chi connectivity index (χ1n) is 6.18. The van der Waals surface area contributed by atoms with Gasteiger partial charge in [-0.1, -0.05) is 26.0 Å². The highest BCUT2D eigenvalue weighted by molar-refractivity contribution is 5.25. The summed E-state index contributed by atoms with van der Waals surface area (Å²) in [5.74, 6) is 1.67. The molecule has 3 fully saturated rings. The van der Waals surface area contributed by atoms with Crippen molar-refractivity contribution in [1.29, 1.82) is 0 Å². The van der Waals surface area contributed by atoms with Gasteiger partial charge in [0.05, 0.1) is 0 Å². The molecule has 3 atom stereocenters. The van der Waals surface area contributed by atoms with Crippen molar-refractivity contribution in [2.45, 2.75) is 59.0 Å². The van der Waals surface area contributed by atoms with Gasteiger partial charge in [-0.2, -0.15) is 0 Å². The van der Waals surface area contributed by atoms with Crippen molar-refractivity contribution in [2.24, 2.45) is 17.3 Å². The topological polar surface area (TPSA) is 12.0 Å². The zero-order valence-electron chi connectivity index (χ0n) is 10.9. The lowest BCUT2D eigenvalue weighted by atomic mass is 9.46. The van der Waals surface area contributed by atoms with Crippen LogP contribution in [-0.2, 0) is 0 Å². The summed E-state index contributed by atoms with van der Waals surface area (Å²) in [7, 11) is 0. The molecular weight excluding hydrogens is 182 g/mol. The summed E-state index contributed by atoms with van der Waals surface area (Å²) in [6.07, 6.45) is 2.67. The largest absolute Gasteiger partial charge is 0.306 e. The van der Waals surface area contributed by atoms with Crippen LogP contribution in [0.1, 0.15) is 47.5 Å². The normalized spacial score (nSPS) is 38.7. The molecule has 1 nitrogen and oxygen atoms in total. The van der Waals surface area contributed by atoms with E-state index in [1.165, 1.54) is 18.4 Å². The van der Waals surface area contributed by atoms with E-state index in [0.717, 1.165) is 11.8 Å². The van der Waals surface area contributed by atoms with E-state index in [-0.39, 0.29) is 5.54 Å². The zero-order chi connectivity index (χ0) is 11.4. The van der Waals surface area contributed by atoms with Crippen LogP contribution < -0.4 is 5.32 Å². The van der Waals surface area contributed by atoms with Crippen LogP contribution in [0.4, 0.5) is 0 Å². The smallest absolute Gasteiger partial charge is 0.0287 e. The van der Waals surface area contributed by atoms with Gasteiger partial charge < -0.3 is 5.32 Å². The maximum absolute atomic E-state index is 4.33. The predicted molar refractivity (Wildman–Crippen MR) is 65.8 cm³/mol. The number of nitrogens with one attached hydrogen (secondary N) is 1. The Labute approximate surface area is 94.3 Å². The fourth-order valence-corrected chi connectivity index (χ4v) is 3.40. The van der Waals surface area contributed by atoms with E-state index in [9.17, 15) is 0 Å². The summed E-state index contributed by atoms with van der Waals surface area (Å²) >= 11 is 0. The van der Waals surface area contributed by atoms with E-state index >= 15 is 0 Å². The van der Waals surface area contributed by atoms with Crippen molar-refractivity contribution in [3.8, 4) is 0 Å². The monoisotopic (exact) mass is 207 g/mol. The second-order valence-corrected chi connectivity index (χ2v) is 7.06. The van der Waals surface area contributed by atoms with Crippen LogP contribution in [0.3, 0.4) is 0 Å². The Bertz CT molecular complexity index is 282. The van der Waals surface area contributed by atoms with Gasteiger partial charge in [0.25, 0.3) is 0 Å². The molecule has 1 N–H and O–H groups in total. The Hall–Kier alpha value is -0.300. The Balaban J connectivity index is 2.06. The van der Waals surface area contributed by atoms with Crippen molar-refractivity contribution in [3.05, 3.63) is 12.2 Å². The van der Waals surface area contributed by atoms with Crippen LogP contribution in [0.15, 0.2) is 12.2 Å². The first-order valence-corrected chi connectivity index (χ1v) is 6.18. The van der Waals surface area contributed by atoms with Gasteiger partial charge in [0.1, 0.15) is 0 Å². The van der Waals surface area contributed by atoms with Crippen LogP contribution in [-0.4, -0.2) is 11.6 Å². The van der Waals surface area contributed by atoms with Crippen molar-refractivity contribution in [3.63, 3.8) is 0 Å². The standard InChI is InChI=1S/C14H25N/c1-9-11-7-10(14(11,5)6)8-12(9)15-13(2,3)4/h10-12,15H,1,7-8H2,2-6H3/t10-,11+,12+/m1/s1. The lowest BCUT2D eigenvalue weighted by Crippen LogP contribution is -2.59. The van der Waals surface area contributed by atoms with Gasteiger partial charge in [-0.15, -0.1) is 0 Å². The van der Waals surface area contributed by atoms with Crippen LogP contribution in [0.25, 0.3) is 0 Å². The number of hydrogen-bond donors (Lipinski definition) is 1. The number of fused-ring (bicyclic) bond motifs is 2. The minimum absolute atomic E-state index is 0.210. The van der Waals surface area contributed by atoms with Crippen molar-refractivity contribution >= 4 is 0 Å². The van der Waals surface area contributed by atoms with E-state index in [0.29, 0.717) is 11.5 Å². The second kappa shape index (κ2) is 3.10. The predicted octanol–water partition coefficient (Wildman–Crippen LogP) is 3.37. The van der Waals surface area contributed by atoms with Gasteiger partial charge in [0.15, 0.2) is 0 Å². The maximum Gasteiger partial charge on any atom is 0.0287 e. The molecule has 0 radical (unpaired) electrons. The molecule has 2 bridgehead atoms. The Morgan fingerprint density at radius 3 is 2.27 bits per heavy atom. The Morgan fingerprint density at radius 2 is 1.87 bits per heavy atom. The first kappa shape index (κ1) is 11.2. The summed E-state index contributed by atoms with van der Waals surface area (Å²) in [6.45, 7) is 15.9. The van der Waals surface area contributed by atoms with E-state index < -0.39 is 0 Å². The molecule has 0 saturated heterocycles. The maximum atomic E-state index is 4.33. The number of hydrogen-bond acceptors (Lipinski definition) is 1. The fourth-order valence-electron chi connectivity index (χ4n) is 3.40. The van der Waals surface area contributed by atoms with Crippen molar-refractivity contribution in [2.75, 3.05) is 0 Å². The molecule has 0 aliphatic heterocycles. The van der Waals surface area contributed by atoms with Crippen molar-refractivity contribution in [1.82, 2.24) is 5.32 Å². The molecular formula is C14H25N. The molecule has 86 valence electrons. The molecule has 3 rings (SSSR count). The average molecular weight is 207 g/mol. The zero-order valence-corrected chi connectivity index (χ0v) is 10.9. The van der Waals surface area contributed by atoms with Crippen molar-refractivity contribution < 1.29 is 0 Å². The second-order valence-electron chi connectivity index (χ2n) is 7.06. The van der Waals surface area contributed by atoms with Gasteiger partial charge in [0.2, 0.25) is 0 Å². The van der Waals surface area contributed by atoms with Crippen LogP contribution >= 0.6 is 0 Å². The minimum Gasteiger partial charge on any atom is -0.306 e. The summed E-state index contributed by atoms with van der Waals surface area (Å²) < 4.78 is 0. The van der Waals surface area contributed by atoms with Gasteiger partial charge >= 0.3 is 0 Å². The van der Waals surface area contributed by atoms with Crippen LogP contribution in [0.5, 0.6) is 0 Å². The van der Waals surface area contributed by atoms with Crippen LogP contribution in [0.2, 0.25) is 0 Å². The number of rotatable bonds is 1. The summed E-state index contributed by atoms with van der Waals surface area (Å²) in [5, 5.41) is 3.71. The minimum atomic E-state index is 0.210. The van der Waals surface area contributed by atoms with E-state index in [1.807, 2.05) is 0 Å². The third kappa shape index (κ3) is 1.75. The summed E-state index contributed by atoms with van der Waals surface area (Å²) in [6, 6.07) is 0.557. The quantitative estimate of drug-likeness (QED) is 0.650. The molecule has 0 unspecified atom stereocenters. The van der Waals surface area contributed by atoms with E-state index in [1.54, 1.807) is 0 Å². The third-order valence-electron chi connectivity index (χ3n) is 4.49. The third-order valence-corrected chi connectivity index (χ3v) is 4.49. The molecule has 0 amide bonds. The highest BCUT2D eigenvalue weighted by Crippen LogP contribution is 2.60. The molecule has 0 aromatic rings. The SMILES string of the molecule is C=C1[C@@H](NC(C)(C)C)C[C@H]2C[C@@H]1C2(C)C. The lowest BCUT2D eigenvalue weighted by molar-refractivity contribution is -0.0411. The molecule has 0 spiro atoms.